The van der Waals surface area contributed by atoms with Crippen LogP contribution in [0.25, 0.3) is 0 Å². The van der Waals surface area contributed by atoms with Crippen molar-refractivity contribution in [2.75, 3.05) is 26.8 Å². The average molecular weight is 384 g/mol. The van der Waals surface area contributed by atoms with Crippen molar-refractivity contribution < 1.29 is 14.3 Å². The molecule has 7 heteroatoms. The lowest BCUT2D eigenvalue weighted by atomic mass is 9.97. The van der Waals surface area contributed by atoms with E-state index in [9.17, 15) is 9.59 Å². The first-order valence-corrected chi connectivity index (χ1v) is 9.65. The molecular formula is C21H28N4O3. The van der Waals surface area contributed by atoms with Gasteiger partial charge in [0.15, 0.2) is 0 Å². The largest absolute Gasteiger partial charge is 0.383 e. The van der Waals surface area contributed by atoms with Crippen LogP contribution in [0.1, 0.15) is 30.8 Å². The first kappa shape index (κ1) is 20.1. The molecule has 1 aliphatic rings. The van der Waals surface area contributed by atoms with Gasteiger partial charge in [-0.25, -0.2) is 4.98 Å². The van der Waals surface area contributed by atoms with Crippen molar-refractivity contribution in [3.05, 3.63) is 54.1 Å². The molecule has 2 aromatic rings. The second-order valence-electron chi connectivity index (χ2n) is 7.07. The number of imidazole rings is 1. The van der Waals surface area contributed by atoms with E-state index in [0.717, 1.165) is 11.4 Å². The van der Waals surface area contributed by atoms with E-state index in [1.807, 2.05) is 55.1 Å². The van der Waals surface area contributed by atoms with Gasteiger partial charge in [-0.2, -0.15) is 0 Å². The molecule has 0 radical (unpaired) electrons. The monoisotopic (exact) mass is 384 g/mol. The SMILES string of the molecule is CCN1C(=O)C[C@H](C(=O)N(CCOC)Cc2ccccc2)[C@H]1c1nccn1C. The molecule has 0 aliphatic carbocycles. The minimum atomic E-state index is -0.450. The smallest absolute Gasteiger partial charge is 0.229 e. The quantitative estimate of drug-likeness (QED) is 0.698. The number of benzene rings is 1. The third-order valence-electron chi connectivity index (χ3n) is 5.31. The first-order chi connectivity index (χ1) is 13.6. The number of likely N-dealkylation sites (tertiary alicyclic amines) is 1. The molecule has 28 heavy (non-hydrogen) atoms. The number of carbonyl (C=O) groups excluding carboxylic acids is 2. The molecule has 2 atom stereocenters. The van der Waals surface area contributed by atoms with Gasteiger partial charge in [0, 0.05) is 52.6 Å². The van der Waals surface area contributed by atoms with Gasteiger partial charge in [0.25, 0.3) is 0 Å². The Morgan fingerprint density at radius 3 is 2.68 bits per heavy atom. The number of nitrogens with zero attached hydrogens (tertiary/aromatic N) is 4. The Balaban J connectivity index is 1.89. The summed E-state index contributed by atoms with van der Waals surface area (Å²) < 4.78 is 7.11. The molecule has 1 aromatic heterocycles. The topological polar surface area (TPSA) is 67.7 Å². The number of carbonyl (C=O) groups is 2. The molecule has 1 aliphatic heterocycles. The van der Waals surface area contributed by atoms with Gasteiger partial charge in [0.2, 0.25) is 11.8 Å². The Morgan fingerprint density at radius 1 is 1.32 bits per heavy atom. The highest BCUT2D eigenvalue weighted by atomic mass is 16.5. The van der Waals surface area contributed by atoms with Crippen LogP contribution < -0.4 is 0 Å². The van der Waals surface area contributed by atoms with Gasteiger partial charge in [0.05, 0.1) is 12.5 Å². The summed E-state index contributed by atoms with van der Waals surface area (Å²) in [5.74, 6) is 0.269. The zero-order valence-electron chi connectivity index (χ0n) is 16.7. The summed E-state index contributed by atoms with van der Waals surface area (Å²) >= 11 is 0. The van der Waals surface area contributed by atoms with Crippen molar-refractivity contribution in [2.24, 2.45) is 13.0 Å². The van der Waals surface area contributed by atoms with E-state index >= 15 is 0 Å². The van der Waals surface area contributed by atoms with Crippen LogP contribution in [0.4, 0.5) is 0 Å². The molecule has 3 rings (SSSR count). The number of hydrogen-bond acceptors (Lipinski definition) is 4. The number of ether oxygens (including phenoxy) is 1. The van der Waals surface area contributed by atoms with E-state index in [-0.39, 0.29) is 24.3 Å². The number of hydrogen-bond donors (Lipinski definition) is 0. The van der Waals surface area contributed by atoms with Gasteiger partial charge in [0.1, 0.15) is 11.9 Å². The predicted molar refractivity (Wildman–Crippen MR) is 105 cm³/mol. The number of rotatable bonds is 8. The summed E-state index contributed by atoms with van der Waals surface area (Å²) in [5, 5.41) is 0. The lowest BCUT2D eigenvalue weighted by Gasteiger charge is -2.30. The lowest BCUT2D eigenvalue weighted by Crippen LogP contribution is -2.40. The summed E-state index contributed by atoms with van der Waals surface area (Å²) in [6, 6.07) is 9.54. The minimum Gasteiger partial charge on any atom is -0.383 e. The van der Waals surface area contributed by atoms with E-state index in [1.165, 1.54) is 0 Å². The fourth-order valence-electron chi connectivity index (χ4n) is 3.87. The van der Waals surface area contributed by atoms with Crippen molar-refractivity contribution in [3.8, 4) is 0 Å². The van der Waals surface area contributed by atoms with Gasteiger partial charge in [-0.05, 0) is 12.5 Å². The van der Waals surface area contributed by atoms with Crippen LogP contribution in [0.15, 0.2) is 42.7 Å². The molecule has 150 valence electrons. The summed E-state index contributed by atoms with van der Waals surface area (Å²) in [6.45, 7) is 3.91. The van der Waals surface area contributed by atoms with Crippen LogP contribution in [-0.4, -0.2) is 58.0 Å². The van der Waals surface area contributed by atoms with E-state index < -0.39 is 5.92 Å². The molecule has 0 bridgehead atoms. The summed E-state index contributed by atoms with van der Waals surface area (Å²) in [5.41, 5.74) is 1.05. The number of methoxy groups -OCH3 is 1. The fraction of sp³-hybridized carbons (Fsp3) is 0.476. The van der Waals surface area contributed by atoms with Crippen molar-refractivity contribution in [2.45, 2.75) is 25.9 Å². The zero-order chi connectivity index (χ0) is 20.1. The van der Waals surface area contributed by atoms with Crippen molar-refractivity contribution in [1.82, 2.24) is 19.4 Å². The van der Waals surface area contributed by atoms with E-state index in [0.29, 0.717) is 26.2 Å². The van der Waals surface area contributed by atoms with Crippen LogP contribution in [0, 0.1) is 5.92 Å². The zero-order valence-corrected chi connectivity index (χ0v) is 16.7. The van der Waals surface area contributed by atoms with Gasteiger partial charge in [-0.3, -0.25) is 9.59 Å². The Kier molecular flexibility index (Phi) is 6.46. The maximum Gasteiger partial charge on any atom is 0.229 e. The normalized spacial score (nSPS) is 19.2. The van der Waals surface area contributed by atoms with Crippen LogP contribution in [0.3, 0.4) is 0 Å². The molecule has 1 aromatic carbocycles. The second kappa shape index (κ2) is 9.01. The molecule has 2 heterocycles. The highest BCUT2D eigenvalue weighted by molar-refractivity contribution is 5.90. The van der Waals surface area contributed by atoms with Crippen LogP contribution in [0.2, 0.25) is 0 Å². The molecule has 0 N–H and O–H groups in total. The van der Waals surface area contributed by atoms with E-state index in [2.05, 4.69) is 4.98 Å². The Hall–Kier alpha value is -2.67. The lowest BCUT2D eigenvalue weighted by molar-refractivity contribution is -0.138. The molecule has 0 saturated carbocycles. The molecule has 1 saturated heterocycles. The van der Waals surface area contributed by atoms with Gasteiger partial charge in [-0.15, -0.1) is 0 Å². The maximum absolute atomic E-state index is 13.5. The molecule has 1 fully saturated rings. The molecule has 0 spiro atoms. The molecule has 2 amide bonds. The van der Waals surface area contributed by atoms with Gasteiger partial charge < -0.3 is 19.1 Å². The van der Waals surface area contributed by atoms with Gasteiger partial charge >= 0.3 is 0 Å². The minimum absolute atomic E-state index is 0.000234. The highest BCUT2D eigenvalue weighted by Crippen LogP contribution is 2.38. The van der Waals surface area contributed by atoms with Crippen molar-refractivity contribution >= 4 is 11.8 Å². The van der Waals surface area contributed by atoms with Crippen molar-refractivity contribution in [3.63, 3.8) is 0 Å². The maximum atomic E-state index is 13.5. The highest BCUT2D eigenvalue weighted by Gasteiger charge is 2.46. The second-order valence-corrected chi connectivity index (χ2v) is 7.07. The third kappa shape index (κ3) is 4.09. The Bertz CT molecular complexity index is 805. The molecular weight excluding hydrogens is 356 g/mol. The predicted octanol–water partition coefficient (Wildman–Crippen LogP) is 2.00. The van der Waals surface area contributed by atoms with Gasteiger partial charge in [-0.1, -0.05) is 30.3 Å². The first-order valence-electron chi connectivity index (χ1n) is 9.65. The number of amides is 2. The van der Waals surface area contributed by atoms with Crippen LogP contribution in [0.5, 0.6) is 0 Å². The third-order valence-corrected chi connectivity index (χ3v) is 5.31. The number of aryl methyl sites for hydroxylation is 1. The van der Waals surface area contributed by atoms with E-state index in [1.54, 1.807) is 23.1 Å². The van der Waals surface area contributed by atoms with Crippen LogP contribution >= 0.6 is 0 Å². The molecule has 0 unspecified atom stereocenters. The fourth-order valence-corrected chi connectivity index (χ4v) is 3.87. The van der Waals surface area contributed by atoms with Crippen LogP contribution in [-0.2, 0) is 27.9 Å². The average Bonchev–Trinajstić information content (AvgIpc) is 3.27. The summed E-state index contributed by atoms with van der Waals surface area (Å²) in [4.78, 5) is 34.2. The number of aromatic nitrogens is 2. The van der Waals surface area contributed by atoms with Crippen molar-refractivity contribution in [1.29, 1.82) is 0 Å². The summed E-state index contributed by atoms with van der Waals surface area (Å²) in [6.07, 6.45) is 3.77. The standard InChI is InChI=1S/C21H28N4O3/c1-4-25-18(26)14-17(19(25)20-22-10-11-23(20)2)21(27)24(12-13-28-3)15-16-8-6-5-7-9-16/h5-11,17,19H,4,12-15H2,1-3H3/t17-,19-/m0/s1. The Morgan fingerprint density at radius 2 is 2.07 bits per heavy atom. The van der Waals surface area contributed by atoms with E-state index in [4.69, 9.17) is 4.74 Å². The Labute approximate surface area is 165 Å². The molecule has 7 nitrogen and oxygen atoms in total. The summed E-state index contributed by atoms with van der Waals surface area (Å²) in [7, 11) is 3.52.